The Morgan fingerprint density at radius 2 is 1.68 bits per heavy atom. The summed E-state index contributed by atoms with van der Waals surface area (Å²) in [7, 11) is 0. The highest BCUT2D eigenvalue weighted by atomic mass is 35.5. The minimum absolute atomic E-state index is 0.191. The van der Waals surface area contributed by atoms with E-state index in [1.165, 1.54) is 25.0 Å². The van der Waals surface area contributed by atoms with Crippen LogP contribution >= 0.6 is 11.6 Å². The average molecular weight is 445 g/mol. The van der Waals surface area contributed by atoms with Gasteiger partial charge in [-0.3, -0.25) is 14.5 Å². The van der Waals surface area contributed by atoms with Crippen LogP contribution in [0.1, 0.15) is 12.8 Å². The van der Waals surface area contributed by atoms with Gasteiger partial charge in [0.1, 0.15) is 5.75 Å². The zero-order valence-electron chi connectivity index (χ0n) is 17.5. The van der Waals surface area contributed by atoms with Crippen molar-refractivity contribution in [2.24, 2.45) is 0 Å². The summed E-state index contributed by atoms with van der Waals surface area (Å²) in [6.07, 6.45) is 3.05. The van der Waals surface area contributed by atoms with E-state index in [1.54, 1.807) is 12.1 Å². The van der Waals surface area contributed by atoms with E-state index in [0.29, 0.717) is 18.6 Å². The zero-order chi connectivity index (χ0) is 22.1. The molecule has 0 aromatic heterocycles. The van der Waals surface area contributed by atoms with Crippen LogP contribution in [0.3, 0.4) is 0 Å². The first-order chi connectivity index (χ1) is 15.0. The van der Waals surface area contributed by atoms with Crippen LogP contribution in [0.2, 0.25) is 5.02 Å². The van der Waals surface area contributed by atoms with Crippen molar-refractivity contribution in [3.05, 3.63) is 53.6 Å². The molecule has 0 radical (unpaired) electrons. The number of likely N-dealkylation sites (tertiary alicyclic amines) is 1. The molecule has 2 heterocycles. The summed E-state index contributed by atoms with van der Waals surface area (Å²) in [5.41, 5.74) is 1.82. The lowest BCUT2D eigenvalue weighted by molar-refractivity contribution is -0.132. The predicted molar refractivity (Wildman–Crippen MR) is 124 cm³/mol. The van der Waals surface area contributed by atoms with Gasteiger partial charge in [0, 0.05) is 42.6 Å². The lowest BCUT2D eigenvalue weighted by atomic mass is 10.2. The third-order valence-corrected chi connectivity index (χ3v) is 5.69. The highest BCUT2D eigenvalue weighted by Crippen LogP contribution is 2.21. The summed E-state index contributed by atoms with van der Waals surface area (Å²) in [6, 6.07) is 14.2. The fraction of sp³-hybridized carbons (Fsp3) is 0.391. The molecule has 31 heavy (non-hydrogen) atoms. The number of aromatic hydroxyl groups is 1. The Labute approximate surface area is 188 Å². The number of rotatable bonds is 5. The average Bonchev–Trinajstić information content (AvgIpc) is 3.29. The Morgan fingerprint density at radius 1 is 1.00 bits per heavy atom. The topological polar surface area (TPSA) is 76.1 Å². The Balaban J connectivity index is 0.000000229. The van der Waals surface area contributed by atoms with Crippen LogP contribution in [0.4, 0.5) is 11.4 Å². The molecular formula is C23H29ClN4O3. The van der Waals surface area contributed by atoms with E-state index in [0.717, 1.165) is 50.0 Å². The number of phenolic OH excluding ortho intramolecular Hbond substituents is 1. The van der Waals surface area contributed by atoms with Crippen molar-refractivity contribution in [1.29, 1.82) is 0 Å². The van der Waals surface area contributed by atoms with Crippen molar-refractivity contribution >= 4 is 35.3 Å². The normalized spacial score (nSPS) is 16.4. The maximum Gasteiger partial charge on any atom is 0.236 e. The summed E-state index contributed by atoms with van der Waals surface area (Å²) in [4.78, 5) is 28.7. The van der Waals surface area contributed by atoms with Gasteiger partial charge in [-0.05, 0) is 68.4 Å². The van der Waals surface area contributed by atoms with Crippen LogP contribution < -0.4 is 10.2 Å². The largest absolute Gasteiger partial charge is 0.508 e. The molecule has 166 valence electrons. The number of hydrogen-bond donors (Lipinski definition) is 2. The number of carbonyl (C=O) groups excluding carboxylic acids is 2. The summed E-state index contributed by atoms with van der Waals surface area (Å²) in [5, 5.41) is 12.0. The molecule has 0 aliphatic carbocycles. The number of halogens is 1. The van der Waals surface area contributed by atoms with Gasteiger partial charge in [-0.25, -0.2) is 0 Å². The van der Waals surface area contributed by atoms with Crippen molar-refractivity contribution in [2.75, 3.05) is 56.0 Å². The molecule has 2 saturated heterocycles. The smallest absolute Gasteiger partial charge is 0.236 e. The quantitative estimate of drug-likeness (QED) is 0.547. The zero-order valence-corrected chi connectivity index (χ0v) is 18.3. The van der Waals surface area contributed by atoms with Gasteiger partial charge in [-0.2, -0.15) is 0 Å². The molecule has 2 N–H and O–H groups in total. The number of anilines is 2. The van der Waals surface area contributed by atoms with Gasteiger partial charge in [0.15, 0.2) is 0 Å². The number of carbonyl (C=O) groups is 2. The van der Waals surface area contributed by atoms with E-state index in [1.807, 2.05) is 23.1 Å². The Morgan fingerprint density at radius 3 is 2.29 bits per heavy atom. The van der Waals surface area contributed by atoms with Crippen LogP contribution in [0.15, 0.2) is 48.5 Å². The molecule has 2 aromatic rings. The van der Waals surface area contributed by atoms with Gasteiger partial charge >= 0.3 is 0 Å². The second-order valence-electron chi connectivity index (χ2n) is 7.64. The number of nitrogens with zero attached hydrogens (tertiary/aromatic N) is 3. The third kappa shape index (κ3) is 7.15. The van der Waals surface area contributed by atoms with Crippen LogP contribution in [0.5, 0.6) is 5.75 Å². The monoisotopic (exact) mass is 444 g/mol. The second kappa shape index (κ2) is 11.6. The fourth-order valence-electron chi connectivity index (χ4n) is 3.74. The van der Waals surface area contributed by atoms with E-state index in [2.05, 4.69) is 21.2 Å². The maximum absolute atomic E-state index is 12.3. The van der Waals surface area contributed by atoms with E-state index >= 15 is 0 Å². The first kappa shape index (κ1) is 22.9. The molecule has 0 saturated carbocycles. The molecule has 0 spiro atoms. The lowest BCUT2D eigenvalue weighted by Gasteiger charge is -2.36. The minimum Gasteiger partial charge on any atom is -0.508 e. The molecule has 2 amide bonds. The van der Waals surface area contributed by atoms with Gasteiger partial charge in [-0.15, -0.1) is 0 Å². The molecule has 4 rings (SSSR count). The van der Waals surface area contributed by atoms with Crippen LogP contribution in [0.25, 0.3) is 0 Å². The summed E-state index contributed by atoms with van der Waals surface area (Å²) in [6.45, 7) is 6.12. The molecule has 0 bridgehead atoms. The molecule has 2 fully saturated rings. The van der Waals surface area contributed by atoms with E-state index in [4.69, 9.17) is 16.7 Å². The molecule has 0 atom stereocenters. The lowest BCUT2D eigenvalue weighted by Crippen LogP contribution is -2.51. The van der Waals surface area contributed by atoms with E-state index < -0.39 is 0 Å². The maximum atomic E-state index is 12.3. The number of benzene rings is 2. The minimum atomic E-state index is 0.191. The van der Waals surface area contributed by atoms with Gasteiger partial charge in [0.2, 0.25) is 12.3 Å². The molecular weight excluding hydrogens is 416 g/mol. The molecule has 8 heteroatoms. The first-order valence-corrected chi connectivity index (χ1v) is 10.9. The number of amides is 2. The number of nitrogens with one attached hydrogen (secondary N) is 1. The molecule has 0 unspecified atom stereocenters. The molecule has 2 aromatic carbocycles. The Kier molecular flexibility index (Phi) is 8.55. The number of phenols is 1. The summed E-state index contributed by atoms with van der Waals surface area (Å²) >= 11 is 6.04. The predicted octanol–water partition coefficient (Wildman–Crippen LogP) is 3.04. The van der Waals surface area contributed by atoms with Crippen LogP contribution in [0, 0.1) is 0 Å². The Hall–Kier alpha value is -2.77. The van der Waals surface area contributed by atoms with Gasteiger partial charge in [0.25, 0.3) is 0 Å². The summed E-state index contributed by atoms with van der Waals surface area (Å²) in [5.74, 6) is 0.471. The Bertz CT molecular complexity index is 848. The number of piperazine rings is 1. The van der Waals surface area contributed by atoms with Gasteiger partial charge in [-0.1, -0.05) is 17.7 Å². The molecule has 7 nitrogen and oxygen atoms in total. The van der Waals surface area contributed by atoms with E-state index in [-0.39, 0.29) is 11.7 Å². The van der Waals surface area contributed by atoms with Gasteiger partial charge < -0.3 is 20.2 Å². The first-order valence-electron chi connectivity index (χ1n) is 10.5. The van der Waals surface area contributed by atoms with Crippen molar-refractivity contribution in [3.8, 4) is 5.75 Å². The van der Waals surface area contributed by atoms with Crippen molar-refractivity contribution in [1.82, 2.24) is 9.80 Å². The van der Waals surface area contributed by atoms with Crippen LogP contribution in [-0.4, -0.2) is 73.0 Å². The fourth-order valence-corrected chi connectivity index (χ4v) is 3.93. The highest BCUT2D eigenvalue weighted by molar-refractivity contribution is 6.30. The summed E-state index contributed by atoms with van der Waals surface area (Å²) < 4.78 is 0. The highest BCUT2D eigenvalue weighted by Gasteiger charge is 2.23. The van der Waals surface area contributed by atoms with Crippen LogP contribution in [-0.2, 0) is 9.59 Å². The molecule has 2 aliphatic heterocycles. The molecule has 2 aliphatic rings. The van der Waals surface area contributed by atoms with E-state index in [9.17, 15) is 9.59 Å². The standard InChI is InChI=1S/C16H22ClN3O.C7H7NO2/c17-14-4-3-5-15(12-14)19-8-10-20(11-9-19)16(21)13-18-6-1-2-7-18;9-5-8-6-1-3-7(10)4-2-6/h3-5,12H,1-2,6-11,13H2;1-5,10H,(H,8,9). The SMILES string of the molecule is O=C(CN1CCCC1)N1CCN(c2cccc(Cl)c2)CC1.O=CNc1ccc(O)cc1. The number of hydrogen-bond acceptors (Lipinski definition) is 5. The van der Waals surface area contributed by atoms with Crippen molar-refractivity contribution < 1.29 is 14.7 Å². The second-order valence-corrected chi connectivity index (χ2v) is 8.08. The van der Waals surface area contributed by atoms with Crippen molar-refractivity contribution in [3.63, 3.8) is 0 Å². The van der Waals surface area contributed by atoms with Crippen molar-refractivity contribution in [2.45, 2.75) is 12.8 Å². The third-order valence-electron chi connectivity index (χ3n) is 5.46. The van der Waals surface area contributed by atoms with Gasteiger partial charge in [0.05, 0.1) is 6.54 Å².